The van der Waals surface area contributed by atoms with Gasteiger partial charge in [0.15, 0.2) is 0 Å². The van der Waals surface area contributed by atoms with Gasteiger partial charge in [0.1, 0.15) is 6.54 Å². The van der Waals surface area contributed by atoms with Gasteiger partial charge < -0.3 is 5.32 Å². The summed E-state index contributed by atoms with van der Waals surface area (Å²) in [5.41, 5.74) is 0.123. The molecule has 8 nitrogen and oxygen atoms in total. The normalized spacial score (nSPS) is 11.0. The van der Waals surface area contributed by atoms with Gasteiger partial charge >= 0.3 is 0 Å². The van der Waals surface area contributed by atoms with Crippen molar-refractivity contribution in [3.8, 4) is 0 Å². The van der Waals surface area contributed by atoms with E-state index in [-0.39, 0.29) is 11.4 Å². The van der Waals surface area contributed by atoms with Crippen molar-refractivity contribution in [1.29, 1.82) is 0 Å². The summed E-state index contributed by atoms with van der Waals surface area (Å²) in [6.07, 6.45) is 0.912. The van der Waals surface area contributed by atoms with Crippen molar-refractivity contribution in [2.24, 2.45) is 0 Å². The van der Waals surface area contributed by atoms with Crippen molar-refractivity contribution in [2.75, 3.05) is 22.4 Å². The summed E-state index contributed by atoms with van der Waals surface area (Å²) in [7, 11) is -3.85. The number of nitro groups is 1. The highest BCUT2D eigenvalue weighted by Crippen LogP contribution is 2.26. The summed E-state index contributed by atoms with van der Waals surface area (Å²) in [6.45, 7) is -0.548. The van der Waals surface area contributed by atoms with E-state index in [0.29, 0.717) is 15.2 Å². The number of nitro benzene ring substituents is 1. The highest BCUT2D eigenvalue weighted by molar-refractivity contribution is 9.10. The second-order valence-electron chi connectivity index (χ2n) is 5.22. The first-order chi connectivity index (χ1) is 12.1. The number of nitrogens with zero attached hydrogens (tertiary/aromatic N) is 2. The molecular weight excluding hydrogens is 450 g/mol. The number of sulfonamides is 1. The Kier molecular flexibility index (Phi) is 6.21. The molecule has 0 aliphatic heterocycles. The quantitative estimate of drug-likeness (QED) is 0.522. The molecule has 138 valence electrons. The molecule has 11 heteroatoms. The highest BCUT2D eigenvalue weighted by atomic mass is 79.9. The molecule has 0 unspecified atom stereocenters. The fourth-order valence-electron chi connectivity index (χ4n) is 2.07. The minimum Gasteiger partial charge on any atom is -0.324 e. The first-order valence-corrected chi connectivity index (χ1v) is 10.1. The van der Waals surface area contributed by atoms with Crippen LogP contribution in [-0.2, 0) is 14.8 Å². The molecule has 0 spiro atoms. The van der Waals surface area contributed by atoms with Crippen LogP contribution in [0.1, 0.15) is 0 Å². The lowest BCUT2D eigenvalue weighted by Gasteiger charge is -2.21. The van der Waals surface area contributed by atoms with Crippen LogP contribution in [-0.4, -0.2) is 32.0 Å². The van der Waals surface area contributed by atoms with Crippen molar-refractivity contribution in [3.63, 3.8) is 0 Å². The molecule has 2 aromatic carbocycles. The fraction of sp³-hybridized carbons (Fsp3) is 0.133. The van der Waals surface area contributed by atoms with Crippen LogP contribution in [0.2, 0.25) is 5.02 Å². The van der Waals surface area contributed by atoms with Crippen LogP contribution in [0.4, 0.5) is 17.1 Å². The van der Waals surface area contributed by atoms with Crippen molar-refractivity contribution in [3.05, 3.63) is 62.1 Å². The molecule has 1 N–H and O–H groups in total. The number of anilines is 2. The topological polar surface area (TPSA) is 110 Å². The molecular formula is C15H13BrClN3O5S. The third-order valence-corrected chi connectivity index (χ3v) is 5.59. The molecule has 0 radical (unpaired) electrons. The second-order valence-corrected chi connectivity index (χ2v) is 8.39. The van der Waals surface area contributed by atoms with Gasteiger partial charge in [0.05, 0.1) is 21.9 Å². The molecule has 2 rings (SSSR count). The highest BCUT2D eigenvalue weighted by Gasteiger charge is 2.22. The van der Waals surface area contributed by atoms with Gasteiger partial charge in [-0.25, -0.2) is 8.42 Å². The molecule has 0 saturated carbocycles. The van der Waals surface area contributed by atoms with Gasteiger partial charge in [-0.3, -0.25) is 19.2 Å². The Labute approximate surface area is 163 Å². The summed E-state index contributed by atoms with van der Waals surface area (Å²) in [4.78, 5) is 22.5. The summed E-state index contributed by atoms with van der Waals surface area (Å²) in [5, 5.41) is 13.8. The van der Waals surface area contributed by atoms with Gasteiger partial charge in [-0.15, -0.1) is 0 Å². The van der Waals surface area contributed by atoms with Gasteiger partial charge in [0.25, 0.3) is 5.69 Å². The number of halogens is 2. The Hall–Kier alpha value is -2.17. The summed E-state index contributed by atoms with van der Waals surface area (Å²) >= 11 is 9.17. The van der Waals surface area contributed by atoms with Crippen molar-refractivity contribution >= 4 is 60.5 Å². The lowest BCUT2D eigenvalue weighted by Crippen LogP contribution is -2.37. The minimum atomic E-state index is -3.85. The third kappa shape index (κ3) is 5.16. The zero-order valence-electron chi connectivity index (χ0n) is 13.3. The van der Waals surface area contributed by atoms with Crippen LogP contribution in [0.3, 0.4) is 0 Å². The van der Waals surface area contributed by atoms with E-state index in [1.807, 2.05) is 0 Å². The minimum absolute atomic E-state index is 0.0192. The molecule has 2 aromatic rings. The number of rotatable bonds is 6. The maximum atomic E-state index is 12.3. The molecule has 0 bridgehead atoms. The van der Waals surface area contributed by atoms with Gasteiger partial charge in [-0.1, -0.05) is 17.7 Å². The predicted molar refractivity (Wildman–Crippen MR) is 103 cm³/mol. The van der Waals surface area contributed by atoms with E-state index < -0.39 is 27.4 Å². The summed E-state index contributed by atoms with van der Waals surface area (Å²) in [5.74, 6) is -0.625. The number of carbonyl (C=O) groups is 1. The van der Waals surface area contributed by atoms with Gasteiger partial charge in [0.2, 0.25) is 15.9 Å². The zero-order chi connectivity index (χ0) is 19.5. The molecule has 0 aliphatic rings. The second kappa shape index (κ2) is 8.02. The van der Waals surface area contributed by atoms with Crippen LogP contribution in [0.5, 0.6) is 0 Å². The molecule has 26 heavy (non-hydrogen) atoms. The van der Waals surface area contributed by atoms with Crippen molar-refractivity contribution < 1.29 is 18.1 Å². The summed E-state index contributed by atoms with van der Waals surface area (Å²) < 4.78 is 25.5. The Morgan fingerprint density at radius 2 is 2.00 bits per heavy atom. The number of carbonyl (C=O) groups excluding carboxylic acids is 1. The van der Waals surface area contributed by atoms with Gasteiger partial charge in [-0.2, -0.15) is 0 Å². The maximum absolute atomic E-state index is 12.3. The van der Waals surface area contributed by atoms with E-state index in [2.05, 4.69) is 21.2 Å². The standard InChI is InChI=1S/C15H13BrClN3O5S/c1-26(24,25)19(11-3-2-4-12(8-11)20(22)23)9-15(21)18-10-5-6-13(16)14(17)7-10/h2-8H,9H2,1H3,(H,18,21). The lowest BCUT2D eigenvalue weighted by atomic mass is 10.3. The average Bonchev–Trinajstić information content (AvgIpc) is 2.55. The van der Waals surface area contributed by atoms with Crippen LogP contribution in [0.15, 0.2) is 46.9 Å². The van der Waals surface area contributed by atoms with Crippen LogP contribution in [0, 0.1) is 10.1 Å². The first-order valence-electron chi connectivity index (χ1n) is 7.05. The summed E-state index contributed by atoms with van der Waals surface area (Å²) in [6, 6.07) is 9.76. The molecule has 0 saturated heterocycles. The molecule has 1 amide bonds. The van der Waals surface area contributed by atoms with Crippen molar-refractivity contribution in [2.45, 2.75) is 0 Å². The predicted octanol–water partition coefficient (Wildman–Crippen LogP) is 3.42. The Morgan fingerprint density at radius 1 is 1.31 bits per heavy atom. The van der Waals surface area contributed by atoms with Crippen molar-refractivity contribution in [1.82, 2.24) is 0 Å². The molecule has 0 aromatic heterocycles. The zero-order valence-corrected chi connectivity index (χ0v) is 16.5. The maximum Gasteiger partial charge on any atom is 0.271 e. The number of amides is 1. The van der Waals surface area contributed by atoms with Crippen LogP contribution in [0.25, 0.3) is 0 Å². The fourth-order valence-corrected chi connectivity index (χ4v) is 3.34. The molecule has 0 fully saturated rings. The Balaban J connectivity index is 2.25. The lowest BCUT2D eigenvalue weighted by molar-refractivity contribution is -0.384. The van der Waals surface area contributed by atoms with E-state index in [1.54, 1.807) is 12.1 Å². The number of hydrogen-bond donors (Lipinski definition) is 1. The Bertz CT molecular complexity index is 968. The van der Waals surface area contributed by atoms with Gasteiger partial charge in [0, 0.05) is 22.3 Å². The van der Waals surface area contributed by atoms with E-state index in [1.165, 1.54) is 24.3 Å². The molecule has 0 aliphatic carbocycles. The number of non-ortho nitro benzene ring substituents is 1. The van der Waals surface area contributed by atoms with E-state index >= 15 is 0 Å². The van der Waals surface area contributed by atoms with Crippen LogP contribution >= 0.6 is 27.5 Å². The van der Waals surface area contributed by atoms with E-state index in [9.17, 15) is 23.3 Å². The molecule has 0 heterocycles. The number of nitrogens with one attached hydrogen (secondary N) is 1. The van der Waals surface area contributed by atoms with Gasteiger partial charge in [-0.05, 0) is 40.2 Å². The van der Waals surface area contributed by atoms with E-state index in [0.717, 1.165) is 16.6 Å². The monoisotopic (exact) mass is 461 g/mol. The number of benzene rings is 2. The smallest absolute Gasteiger partial charge is 0.271 e. The van der Waals surface area contributed by atoms with Crippen LogP contribution < -0.4 is 9.62 Å². The third-order valence-electron chi connectivity index (χ3n) is 3.22. The molecule has 0 atom stereocenters. The number of hydrogen-bond acceptors (Lipinski definition) is 5. The first kappa shape index (κ1) is 20.1. The largest absolute Gasteiger partial charge is 0.324 e. The Morgan fingerprint density at radius 3 is 2.58 bits per heavy atom. The average molecular weight is 463 g/mol. The van der Waals surface area contributed by atoms with E-state index in [4.69, 9.17) is 11.6 Å². The SMILES string of the molecule is CS(=O)(=O)N(CC(=O)Nc1ccc(Br)c(Cl)c1)c1cccc([N+](=O)[O-])c1.